The molecule has 0 fully saturated rings. The van der Waals surface area contributed by atoms with Crippen LogP contribution in [0.25, 0.3) is 0 Å². The van der Waals surface area contributed by atoms with E-state index in [4.69, 9.17) is 4.74 Å². The van der Waals surface area contributed by atoms with Gasteiger partial charge in [-0.1, -0.05) is 12.1 Å². The fourth-order valence-corrected chi connectivity index (χ4v) is 3.01. The van der Waals surface area contributed by atoms with Gasteiger partial charge in [0.05, 0.1) is 11.3 Å². The molecule has 0 unspecified atom stereocenters. The minimum Gasteiger partial charge on any atom is -0.491 e. The number of nitrogens with one attached hydrogen (secondary N) is 1. The number of hydrogen-bond acceptors (Lipinski definition) is 3. The van der Waals surface area contributed by atoms with Crippen LogP contribution in [0, 0.1) is 20.8 Å². The lowest BCUT2D eigenvalue weighted by molar-refractivity contribution is 0.0697. The first-order valence-electron chi connectivity index (χ1n) is 7.36. The van der Waals surface area contributed by atoms with Gasteiger partial charge in [0, 0.05) is 11.0 Å². The van der Waals surface area contributed by atoms with E-state index >= 15 is 0 Å². The highest BCUT2D eigenvalue weighted by Gasteiger charge is 2.13. The Bertz CT molecular complexity index is 728. The molecule has 0 saturated carbocycles. The SMILES string of the molecule is Cc1ccc(C)c(OCCNc2c(Br)cc(C)cc2C(=O)O)c1. The van der Waals surface area contributed by atoms with Gasteiger partial charge in [-0.05, 0) is 71.6 Å². The highest BCUT2D eigenvalue weighted by molar-refractivity contribution is 9.10. The monoisotopic (exact) mass is 377 g/mol. The Morgan fingerprint density at radius 3 is 2.61 bits per heavy atom. The van der Waals surface area contributed by atoms with Crippen LogP contribution in [0.5, 0.6) is 5.75 Å². The molecule has 0 aromatic heterocycles. The van der Waals surface area contributed by atoms with Gasteiger partial charge in [0.2, 0.25) is 0 Å². The average molecular weight is 378 g/mol. The van der Waals surface area contributed by atoms with Crippen LogP contribution < -0.4 is 10.1 Å². The predicted molar refractivity (Wildman–Crippen MR) is 95.7 cm³/mol. The number of rotatable bonds is 6. The summed E-state index contributed by atoms with van der Waals surface area (Å²) in [5.74, 6) is -0.0967. The molecular weight excluding hydrogens is 358 g/mol. The molecule has 0 aliphatic heterocycles. The van der Waals surface area contributed by atoms with Gasteiger partial charge in [-0.25, -0.2) is 4.79 Å². The van der Waals surface area contributed by atoms with E-state index in [-0.39, 0.29) is 5.56 Å². The standard InChI is InChI=1S/C18H20BrNO3/c1-11-4-5-13(3)16(10-11)23-7-6-20-17-14(18(21)22)8-12(2)9-15(17)19/h4-5,8-10,20H,6-7H2,1-3H3,(H,21,22). The van der Waals surface area contributed by atoms with Crippen molar-refractivity contribution in [3.05, 3.63) is 57.1 Å². The Kier molecular flexibility index (Phi) is 5.66. The lowest BCUT2D eigenvalue weighted by atomic mass is 10.1. The zero-order chi connectivity index (χ0) is 17.0. The smallest absolute Gasteiger partial charge is 0.337 e. The molecule has 0 aliphatic rings. The third kappa shape index (κ3) is 4.48. The van der Waals surface area contributed by atoms with Crippen LogP contribution in [-0.4, -0.2) is 24.2 Å². The number of carbonyl (C=O) groups is 1. The van der Waals surface area contributed by atoms with Crippen molar-refractivity contribution in [2.45, 2.75) is 20.8 Å². The topological polar surface area (TPSA) is 58.6 Å². The van der Waals surface area contributed by atoms with Crippen molar-refractivity contribution in [3.63, 3.8) is 0 Å². The molecule has 0 heterocycles. The van der Waals surface area contributed by atoms with Gasteiger partial charge >= 0.3 is 5.97 Å². The Hall–Kier alpha value is -2.01. The zero-order valence-electron chi connectivity index (χ0n) is 13.4. The van der Waals surface area contributed by atoms with Crippen LogP contribution in [0.2, 0.25) is 0 Å². The van der Waals surface area contributed by atoms with Gasteiger partial charge in [-0.15, -0.1) is 0 Å². The van der Waals surface area contributed by atoms with Crippen LogP contribution in [0.4, 0.5) is 5.69 Å². The molecule has 2 aromatic carbocycles. The Labute approximate surface area is 144 Å². The van der Waals surface area contributed by atoms with Crippen molar-refractivity contribution in [2.75, 3.05) is 18.5 Å². The Morgan fingerprint density at radius 2 is 1.91 bits per heavy atom. The second-order valence-corrected chi connectivity index (χ2v) is 6.37. The molecule has 5 heteroatoms. The van der Waals surface area contributed by atoms with Gasteiger partial charge in [-0.3, -0.25) is 0 Å². The first kappa shape index (κ1) is 17.3. The summed E-state index contributed by atoms with van der Waals surface area (Å²) in [5, 5.41) is 12.5. The van der Waals surface area contributed by atoms with Crippen molar-refractivity contribution in [3.8, 4) is 5.75 Å². The maximum absolute atomic E-state index is 11.4. The van der Waals surface area contributed by atoms with E-state index < -0.39 is 5.97 Å². The fourth-order valence-electron chi connectivity index (χ4n) is 2.29. The largest absolute Gasteiger partial charge is 0.491 e. The zero-order valence-corrected chi connectivity index (χ0v) is 15.0. The van der Waals surface area contributed by atoms with Crippen LogP contribution in [0.1, 0.15) is 27.0 Å². The maximum atomic E-state index is 11.4. The van der Waals surface area contributed by atoms with E-state index in [0.29, 0.717) is 18.8 Å². The Balaban J connectivity index is 2.02. The van der Waals surface area contributed by atoms with E-state index in [0.717, 1.165) is 26.9 Å². The number of aryl methyl sites for hydroxylation is 3. The second-order valence-electron chi connectivity index (χ2n) is 5.52. The molecule has 122 valence electrons. The van der Waals surface area contributed by atoms with E-state index in [1.165, 1.54) is 0 Å². The van der Waals surface area contributed by atoms with Crippen LogP contribution in [0.15, 0.2) is 34.8 Å². The summed E-state index contributed by atoms with van der Waals surface area (Å²) in [6.45, 7) is 6.85. The van der Waals surface area contributed by atoms with E-state index in [1.807, 2.05) is 45.0 Å². The normalized spacial score (nSPS) is 10.4. The summed E-state index contributed by atoms with van der Waals surface area (Å²) >= 11 is 3.42. The summed E-state index contributed by atoms with van der Waals surface area (Å²) in [4.78, 5) is 11.4. The molecule has 23 heavy (non-hydrogen) atoms. The summed E-state index contributed by atoms with van der Waals surface area (Å²) in [7, 11) is 0. The van der Waals surface area contributed by atoms with Gasteiger partial charge < -0.3 is 15.2 Å². The lowest BCUT2D eigenvalue weighted by Gasteiger charge is -2.14. The average Bonchev–Trinajstić information content (AvgIpc) is 2.48. The molecule has 4 nitrogen and oxygen atoms in total. The quantitative estimate of drug-likeness (QED) is 0.724. The third-order valence-corrected chi connectivity index (χ3v) is 4.10. The molecule has 2 aromatic rings. The number of halogens is 1. The lowest BCUT2D eigenvalue weighted by Crippen LogP contribution is -2.15. The van der Waals surface area contributed by atoms with E-state index in [1.54, 1.807) is 6.07 Å². The summed E-state index contributed by atoms with van der Waals surface area (Å²) in [6, 6.07) is 9.61. The minimum atomic E-state index is -0.952. The number of hydrogen-bond donors (Lipinski definition) is 2. The number of benzene rings is 2. The summed E-state index contributed by atoms with van der Waals surface area (Å²) in [5.41, 5.74) is 3.95. The van der Waals surface area contributed by atoms with Crippen LogP contribution in [0.3, 0.4) is 0 Å². The molecule has 0 atom stereocenters. The second kappa shape index (κ2) is 7.51. The minimum absolute atomic E-state index is 0.253. The molecule has 0 radical (unpaired) electrons. The van der Waals surface area contributed by atoms with Crippen molar-refractivity contribution in [1.82, 2.24) is 0 Å². The number of carboxylic acid groups (broad SMARTS) is 1. The first-order chi connectivity index (χ1) is 10.9. The highest BCUT2D eigenvalue weighted by atomic mass is 79.9. The van der Waals surface area contributed by atoms with Crippen LogP contribution >= 0.6 is 15.9 Å². The number of aromatic carboxylic acids is 1. The molecule has 2 N–H and O–H groups in total. The maximum Gasteiger partial charge on any atom is 0.337 e. The number of anilines is 1. The van der Waals surface area contributed by atoms with Crippen LogP contribution in [-0.2, 0) is 0 Å². The molecule has 2 rings (SSSR count). The number of carboxylic acids is 1. The van der Waals surface area contributed by atoms with Gasteiger partial charge in [0.1, 0.15) is 12.4 Å². The predicted octanol–water partition coefficient (Wildman–Crippen LogP) is 4.56. The molecule has 0 spiro atoms. The molecular formula is C18H20BrNO3. The van der Waals surface area contributed by atoms with Crippen molar-refractivity contribution in [2.24, 2.45) is 0 Å². The highest BCUT2D eigenvalue weighted by Crippen LogP contribution is 2.28. The van der Waals surface area contributed by atoms with E-state index in [2.05, 4.69) is 21.2 Å². The summed E-state index contributed by atoms with van der Waals surface area (Å²) in [6.07, 6.45) is 0. The van der Waals surface area contributed by atoms with Gasteiger partial charge in [0.15, 0.2) is 0 Å². The van der Waals surface area contributed by atoms with Crippen molar-refractivity contribution < 1.29 is 14.6 Å². The molecule has 0 saturated heterocycles. The summed E-state index contributed by atoms with van der Waals surface area (Å²) < 4.78 is 6.52. The Morgan fingerprint density at radius 1 is 1.17 bits per heavy atom. The number of ether oxygens (including phenoxy) is 1. The van der Waals surface area contributed by atoms with Crippen molar-refractivity contribution in [1.29, 1.82) is 0 Å². The fraction of sp³-hybridized carbons (Fsp3) is 0.278. The molecule has 0 amide bonds. The third-order valence-electron chi connectivity index (χ3n) is 3.47. The van der Waals surface area contributed by atoms with E-state index in [9.17, 15) is 9.90 Å². The molecule has 0 aliphatic carbocycles. The molecule has 0 bridgehead atoms. The van der Waals surface area contributed by atoms with Gasteiger partial charge in [-0.2, -0.15) is 0 Å². The van der Waals surface area contributed by atoms with Crippen molar-refractivity contribution >= 4 is 27.6 Å². The first-order valence-corrected chi connectivity index (χ1v) is 8.15. The van der Waals surface area contributed by atoms with Gasteiger partial charge in [0.25, 0.3) is 0 Å².